The highest BCUT2D eigenvalue weighted by atomic mass is 16.2. The lowest BCUT2D eigenvalue weighted by Crippen LogP contribution is -2.41. The van der Waals surface area contributed by atoms with Crippen molar-refractivity contribution in [1.29, 1.82) is 0 Å². The van der Waals surface area contributed by atoms with E-state index in [0.717, 1.165) is 25.1 Å². The van der Waals surface area contributed by atoms with Gasteiger partial charge in [0.25, 0.3) is 0 Å². The number of hydrogen-bond acceptors (Lipinski definition) is 3. The van der Waals surface area contributed by atoms with E-state index in [4.69, 9.17) is 0 Å². The molecule has 0 radical (unpaired) electrons. The second-order valence-corrected chi connectivity index (χ2v) is 6.43. The lowest BCUT2D eigenvalue weighted by atomic mass is 9.85. The van der Waals surface area contributed by atoms with E-state index in [1.54, 1.807) is 30.1 Å². The molecule has 0 N–H and O–H groups in total. The van der Waals surface area contributed by atoms with E-state index in [1.165, 1.54) is 0 Å². The Balaban J connectivity index is 1.68. The standard InChI is InChI=1S/C16H22N4O2/c1-18(2)15(22)20-10-7-16(12-20)6-9-19(14(16)21)11-13-5-3-4-8-17-13/h3-5,8H,6-7,9-12H2,1-2H3/t16-/m1/s1. The molecule has 0 saturated carbocycles. The van der Waals surface area contributed by atoms with Crippen molar-refractivity contribution < 1.29 is 9.59 Å². The normalized spacial score (nSPS) is 24.4. The first-order valence-corrected chi connectivity index (χ1v) is 7.67. The van der Waals surface area contributed by atoms with Crippen LogP contribution in [0.3, 0.4) is 0 Å². The van der Waals surface area contributed by atoms with Gasteiger partial charge in [-0.1, -0.05) is 6.07 Å². The number of pyridine rings is 1. The summed E-state index contributed by atoms with van der Waals surface area (Å²) in [5.74, 6) is 0.173. The van der Waals surface area contributed by atoms with Crippen molar-refractivity contribution in [3.8, 4) is 0 Å². The van der Waals surface area contributed by atoms with Gasteiger partial charge in [0.2, 0.25) is 5.91 Å². The van der Waals surface area contributed by atoms with Crippen LogP contribution in [0, 0.1) is 5.41 Å². The van der Waals surface area contributed by atoms with Crippen LogP contribution in [0.15, 0.2) is 24.4 Å². The molecule has 3 heterocycles. The van der Waals surface area contributed by atoms with Crippen molar-refractivity contribution in [3.05, 3.63) is 30.1 Å². The summed E-state index contributed by atoms with van der Waals surface area (Å²) in [5, 5.41) is 0. The van der Waals surface area contributed by atoms with Crippen LogP contribution in [0.2, 0.25) is 0 Å². The molecule has 3 amide bonds. The smallest absolute Gasteiger partial charge is 0.319 e. The Bertz CT molecular complexity index is 575. The van der Waals surface area contributed by atoms with Crippen molar-refractivity contribution >= 4 is 11.9 Å². The Hall–Kier alpha value is -2.11. The SMILES string of the molecule is CN(C)C(=O)N1CC[C@]2(CCN(Cc3ccccn3)C2=O)C1. The van der Waals surface area contributed by atoms with Crippen LogP contribution in [0.1, 0.15) is 18.5 Å². The van der Waals surface area contributed by atoms with Crippen LogP contribution in [0.5, 0.6) is 0 Å². The zero-order chi connectivity index (χ0) is 15.7. The summed E-state index contributed by atoms with van der Waals surface area (Å²) >= 11 is 0. The summed E-state index contributed by atoms with van der Waals surface area (Å²) in [6.45, 7) is 2.52. The second-order valence-electron chi connectivity index (χ2n) is 6.43. The van der Waals surface area contributed by atoms with Crippen LogP contribution < -0.4 is 0 Å². The molecule has 118 valence electrons. The maximum Gasteiger partial charge on any atom is 0.319 e. The molecule has 2 saturated heterocycles. The molecular formula is C16H22N4O2. The zero-order valence-corrected chi connectivity index (χ0v) is 13.2. The van der Waals surface area contributed by atoms with Gasteiger partial charge in [0.15, 0.2) is 0 Å². The lowest BCUT2D eigenvalue weighted by Gasteiger charge is -2.25. The maximum absolute atomic E-state index is 12.8. The molecule has 1 spiro atoms. The highest BCUT2D eigenvalue weighted by Crippen LogP contribution is 2.41. The Morgan fingerprint density at radius 3 is 2.77 bits per heavy atom. The minimum atomic E-state index is -0.375. The number of likely N-dealkylation sites (tertiary alicyclic amines) is 2. The van der Waals surface area contributed by atoms with E-state index in [2.05, 4.69) is 4.98 Å². The molecule has 2 fully saturated rings. The summed E-state index contributed by atoms with van der Waals surface area (Å²) in [7, 11) is 3.49. The molecule has 2 aliphatic heterocycles. The van der Waals surface area contributed by atoms with E-state index < -0.39 is 0 Å². The fourth-order valence-corrected chi connectivity index (χ4v) is 3.43. The molecule has 6 nitrogen and oxygen atoms in total. The number of urea groups is 1. The highest BCUT2D eigenvalue weighted by molar-refractivity contribution is 5.87. The number of carbonyl (C=O) groups excluding carboxylic acids is 2. The average Bonchev–Trinajstić information content (AvgIpc) is 3.08. The van der Waals surface area contributed by atoms with Crippen molar-refractivity contribution in [2.45, 2.75) is 19.4 Å². The fraction of sp³-hybridized carbons (Fsp3) is 0.562. The second kappa shape index (κ2) is 5.59. The zero-order valence-electron chi connectivity index (χ0n) is 13.2. The number of nitrogens with zero attached hydrogens (tertiary/aromatic N) is 4. The van der Waals surface area contributed by atoms with Gasteiger partial charge >= 0.3 is 6.03 Å². The van der Waals surface area contributed by atoms with Crippen molar-refractivity contribution in [3.63, 3.8) is 0 Å². The van der Waals surface area contributed by atoms with Crippen LogP contribution in [0.25, 0.3) is 0 Å². The van der Waals surface area contributed by atoms with Crippen LogP contribution in [0.4, 0.5) is 4.79 Å². The van der Waals surface area contributed by atoms with Crippen LogP contribution >= 0.6 is 0 Å². The van der Waals surface area contributed by atoms with Gasteiger partial charge < -0.3 is 14.7 Å². The summed E-state index contributed by atoms with van der Waals surface area (Å²) in [6, 6.07) is 5.74. The van der Waals surface area contributed by atoms with Crippen molar-refractivity contribution in [1.82, 2.24) is 19.7 Å². The lowest BCUT2D eigenvalue weighted by molar-refractivity contribution is -0.136. The van der Waals surface area contributed by atoms with E-state index in [9.17, 15) is 9.59 Å². The van der Waals surface area contributed by atoms with Crippen molar-refractivity contribution in [2.75, 3.05) is 33.7 Å². The van der Waals surface area contributed by atoms with Crippen LogP contribution in [-0.4, -0.2) is 65.4 Å². The molecule has 1 aromatic heterocycles. The molecule has 3 rings (SSSR count). The summed E-state index contributed by atoms with van der Waals surface area (Å²) < 4.78 is 0. The van der Waals surface area contributed by atoms with Gasteiger partial charge in [-0.15, -0.1) is 0 Å². The van der Waals surface area contributed by atoms with E-state index in [0.29, 0.717) is 19.6 Å². The predicted octanol–water partition coefficient (Wildman–Crippen LogP) is 1.19. The third-order valence-corrected chi connectivity index (χ3v) is 4.69. The average molecular weight is 302 g/mol. The number of amides is 3. The van der Waals surface area contributed by atoms with Gasteiger partial charge in [-0.2, -0.15) is 0 Å². The minimum absolute atomic E-state index is 0.00662. The van der Waals surface area contributed by atoms with Crippen LogP contribution in [-0.2, 0) is 11.3 Å². The molecule has 1 aromatic rings. The van der Waals surface area contributed by atoms with Crippen molar-refractivity contribution in [2.24, 2.45) is 5.41 Å². The topological polar surface area (TPSA) is 56.8 Å². The summed E-state index contributed by atoms with van der Waals surface area (Å²) in [4.78, 5) is 34.4. The Labute approximate surface area is 130 Å². The molecule has 0 aliphatic carbocycles. The predicted molar refractivity (Wildman–Crippen MR) is 82.0 cm³/mol. The van der Waals surface area contributed by atoms with Gasteiger partial charge in [-0.3, -0.25) is 9.78 Å². The molecule has 2 aliphatic rings. The fourth-order valence-electron chi connectivity index (χ4n) is 3.43. The summed E-state index contributed by atoms with van der Waals surface area (Å²) in [6.07, 6.45) is 3.35. The molecule has 6 heteroatoms. The van der Waals surface area contributed by atoms with Gasteiger partial charge in [-0.05, 0) is 25.0 Å². The first-order chi connectivity index (χ1) is 10.5. The monoisotopic (exact) mass is 302 g/mol. The third-order valence-electron chi connectivity index (χ3n) is 4.69. The number of hydrogen-bond donors (Lipinski definition) is 0. The third kappa shape index (κ3) is 2.53. The molecule has 0 unspecified atom stereocenters. The number of aromatic nitrogens is 1. The first-order valence-electron chi connectivity index (χ1n) is 7.67. The van der Waals surface area contributed by atoms with Gasteiger partial charge in [0, 0.05) is 39.9 Å². The van der Waals surface area contributed by atoms with E-state index in [-0.39, 0.29) is 17.4 Å². The largest absolute Gasteiger partial charge is 0.336 e. The maximum atomic E-state index is 12.8. The summed E-state index contributed by atoms with van der Waals surface area (Å²) in [5.41, 5.74) is 0.535. The van der Waals surface area contributed by atoms with Gasteiger partial charge in [-0.25, -0.2) is 4.79 Å². The minimum Gasteiger partial charge on any atom is -0.336 e. The highest BCUT2D eigenvalue weighted by Gasteiger charge is 2.51. The number of carbonyl (C=O) groups is 2. The van der Waals surface area contributed by atoms with Gasteiger partial charge in [0.05, 0.1) is 17.7 Å². The quantitative estimate of drug-likeness (QED) is 0.824. The molecule has 0 aromatic carbocycles. The van der Waals surface area contributed by atoms with E-state index >= 15 is 0 Å². The molecule has 22 heavy (non-hydrogen) atoms. The number of rotatable bonds is 2. The Kier molecular flexibility index (Phi) is 3.76. The Morgan fingerprint density at radius 2 is 2.09 bits per heavy atom. The molecular weight excluding hydrogens is 280 g/mol. The van der Waals surface area contributed by atoms with E-state index in [1.807, 2.05) is 23.1 Å². The first kappa shape index (κ1) is 14.8. The Morgan fingerprint density at radius 1 is 1.32 bits per heavy atom. The van der Waals surface area contributed by atoms with Gasteiger partial charge in [0.1, 0.15) is 0 Å². The molecule has 0 bridgehead atoms. The molecule has 1 atom stereocenters.